The Hall–Kier alpha value is -1.61. The molecule has 0 radical (unpaired) electrons. The fourth-order valence-corrected chi connectivity index (χ4v) is 9.33. The number of hydrogen-bond donors (Lipinski definition) is 5. The first-order chi connectivity index (χ1) is 19.0. The van der Waals surface area contributed by atoms with E-state index in [0.29, 0.717) is 45.1 Å². The second-order valence-electron chi connectivity index (χ2n) is 15.0. The van der Waals surface area contributed by atoms with Crippen molar-refractivity contribution in [1.29, 1.82) is 0 Å². The summed E-state index contributed by atoms with van der Waals surface area (Å²) in [6.07, 6.45) is 3.16. The predicted molar refractivity (Wildman–Crippen MR) is 156 cm³/mol. The number of fused-ring (bicyclic) bond motifs is 5. The van der Waals surface area contributed by atoms with Gasteiger partial charge in [0.05, 0.1) is 41.7 Å². The fourth-order valence-electron chi connectivity index (χ4n) is 9.33. The molecule has 7 heteroatoms. The minimum atomic E-state index is -1.30. The van der Waals surface area contributed by atoms with E-state index in [2.05, 4.69) is 6.92 Å². The average Bonchev–Trinajstić information content (AvgIpc) is 3.17. The first kappa shape index (κ1) is 30.8. The molecule has 41 heavy (non-hydrogen) atoms. The van der Waals surface area contributed by atoms with Crippen LogP contribution in [0.4, 0.5) is 0 Å². The zero-order chi connectivity index (χ0) is 30.0. The molecule has 3 saturated carbocycles. The number of aliphatic hydroxyl groups is 5. The molecule has 9 unspecified atom stereocenters. The zero-order valence-electron chi connectivity index (χ0n) is 25.3. The van der Waals surface area contributed by atoms with Crippen LogP contribution in [0.5, 0.6) is 0 Å². The molecule has 3 fully saturated rings. The van der Waals surface area contributed by atoms with Gasteiger partial charge in [-0.05, 0) is 107 Å². The molecule has 10 atom stereocenters. The number of ketones is 1. The summed E-state index contributed by atoms with van der Waals surface area (Å²) in [5, 5.41) is 56.4. The summed E-state index contributed by atoms with van der Waals surface area (Å²) < 4.78 is 6.43. The molecule has 0 heterocycles. The third-order valence-corrected chi connectivity index (χ3v) is 11.8. The lowest BCUT2D eigenvalue weighted by Crippen LogP contribution is -2.63. The Morgan fingerprint density at radius 3 is 2.34 bits per heavy atom. The quantitative estimate of drug-likeness (QED) is 0.319. The largest absolute Gasteiger partial charge is 0.390 e. The van der Waals surface area contributed by atoms with Crippen LogP contribution in [0.15, 0.2) is 42.0 Å². The first-order valence-electron chi connectivity index (χ1n) is 15.5. The maximum absolute atomic E-state index is 13.5. The van der Waals surface area contributed by atoms with E-state index >= 15 is 0 Å². The van der Waals surface area contributed by atoms with Crippen molar-refractivity contribution in [2.75, 3.05) is 0 Å². The normalized spacial score (nSPS) is 41.1. The number of rotatable bonds is 8. The standard InChI is InChI=1S/C34H50O7/c1-30(2,38)14-13-29(41-20-21-9-7-6-8-10-21)33(5,39)28-12-16-34(40)23-17-25(35)24-18-26(36)27(37)19-31(24,3)22(23)11-15-32(28,34)4/h6-10,17,22,24,26-29,36-40H,11-16,18-20H2,1-5H3/t22?,24?,26?,27?,28?,29?,31?,32?,33-,34?/m1/s1. The van der Waals surface area contributed by atoms with Crippen molar-refractivity contribution < 1.29 is 35.1 Å². The van der Waals surface area contributed by atoms with Gasteiger partial charge in [0, 0.05) is 11.3 Å². The Balaban J connectivity index is 1.46. The third kappa shape index (κ3) is 5.15. The van der Waals surface area contributed by atoms with Crippen LogP contribution in [-0.2, 0) is 16.1 Å². The summed E-state index contributed by atoms with van der Waals surface area (Å²) in [5.41, 5.74) is -2.97. The SMILES string of the molecule is CC(C)(O)CCC(OCc1ccccc1)[C@](C)(O)C1CCC2(O)C3=CC(=O)C4CC(O)C(O)CC4(C)C3CCC12C. The van der Waals surface area contributed by atoms with Crippen molar-refractivity contribution in [3.8, 4) is 0 Å². The van der Waals surface area contributed by atoms with E-state index in [9.17, 15) is 30.3 Å². The van der Waals surface area contributed by atoms with Gasteiger partial charge >= 0.3 is 0 Å². The van der Waals surface area contributed by atoms with Gasteiger partial charge in [0.25, 0.3) is 0 Å². The summed E-state index contributed by atoms with van der Waals surface area (Å²) in [4.78, 5) is 13.5. The van der Waals surface area contributed by atoms with Gasteiger partial charge < -0.3 is 30.3 Å². The molecule has 0 saturated heterocycles. The highest BCUT2D eigenvalue weighted by molar-refractivity contribution is 5.95. The Morgan fingerprint density at radius 2 is 1.68 bits per heavy atom. The summed E-state index contributed by atoms with van der Waals surface area (Å²) in [5.74, 6) is -0.828. The van der Waals surface area contributed by atoms with E-state index in [-0.39, 0.29) is 30.0 Å². The molecule has 228 valence electrons. The monoisotopic (exact) mass is 570 g/mol. The zero-order valence-corrected chi connectivity index (χ0v) is 25.3. The maximum atomic E-state index is 13.5. The molecule has 4 aliphatic carbocycles. The molecule has 0 amide bonds. The molecule has 7 nitrogen and oxygen atoms in total. The highest BCUT2D eigenvalue weighted by Crippen LogP contribution is 2.68. The summed E-state index contributed by atoms with van der Waals surface area (Å²) in [6, 6.07) is 9.83. The topological polar surface area (TPSA) is 127 Å². The van der Waals surface area contributed by atoms with Crippen molar-refractivity contribution in [2.24, 2.45) is 28.6 Å². The van der Waals surface area contributed by atoms with Crippen molar-refractivity contribution in [3.63, 3.8) is 0 Å². The molecule has 0 spiro atoms. The summed E-state index contributed by atoms with van der Waals surface area (Å²) in [6.45, 7) is 9.76. The first-order valence-corrected chi connectivity index (χ1v) is 15.5. The van der Waals surface area contributed by atoms with Gasteiger partial charge in [-0.25, -0.2) is 0 Å². The maximum Gasteiger partial charge on any atom is 0.159 e. The van der Waals surface area contributed by atoms with Crippen LogP contribution in [0.2, 0.25) is 0 Å². The van der Waals surface area contributed by atoms with E-state index < -0.39 is 45.9 Å². The molecule has 0 bridgehead atoms. The van der Waals surface area contributed by atoms with Crippen LogP contribution in [-0.4, -0.2) is 66.4 Å². The molecule has 1 aromatic carbocycles. The van der Waals surface area contributed by atoms with E-state index in [4.69, 9.17) is 4.74 Å². The van der Waals surface area contributed by atoms with E-state index in [0.717, 1.165) is 17.6 Å². The number of carbonyl (C=O) groups is 1. The number of aliphatic hydroxyl groups excluding tert-OH is 2. The van der Waals surface area contributed by atoms with Crippen molar-refractivity contribution in [1.82, 2.24) is 0 Å². The van der Waals surface area contributed by atoms with Gasteiger partial charge in [-0.1, -0.05) is 44.2 Å². The van der Waals surface area contributed by atoms with Gasteiger partial charge in [0.15, 0.2) is 5.78 Å². The lowest BCUT2D eigenvalue weighted by Gasteiger charge is -2.60. The average molecular weight is 571 g/mol. The van der Waals surface area contributed by atoms with Gasteiger partial charge in [-0.3, -0.25) is 4.79 Å². The van der Waals surface area contributed by atoms with Crippen LogP contribution in [0.3, 0.4) is 0 Å². The lowest BCUT2D eigenvalue weighted by molar-refractivity contribution is -0.189. The van der Waals surface area contributed by atoms with E-state index in [1.165, 1.54) is 0 Å². The van der Waals surface area contributed by atoms with Gasteiger partial charge in [-0.15, -0.1) is 0 Å². The molecule has 1 aromatic rings. The van der Waals surface area contributed by atoms with Crippen molar-refractivity contribution in [2.45, 2.75) is 128 Å². The van der Waals surface area contributed by atoms with Gasteiger partial charge in [0.1, 0.15) is 0 Å². The number of ether oxygens (including phenoxy) is 1. The molecule has 5 rings (SSSR count). The third-order valence-electron chi connectivity index (χ3n) is 11.8. The minimum absolute atomic E-state index is 0.0746. The predicted octanol–water partition coefficient (Wildman–Crippen LogP) is 4.08. The molecule has 5 N–H and O–H groups in total. The minimum Gasteiger partial charge on any atom is -0.390 e. The number of carbonyl (C=O) groups excluding carboxylic acids is 1. The lowest BCUT2D eigenvalue weighted by atomic mass is 9.45. The van der Waals surface area contributed by atoms with Crippen molar-refractivity contribution >= 4 is 5.78 Å². The van der Waals surface area contributed by atoms with Crippen LogP contribution in [0.1, 0.15) is 91.5 Å². The van der Waals surface area contributed by atoms with E-state index in [1.807, 2.05) is 44.2 Å². The second kappa shape index (κ2) is 10.5. The van der Waals surface area contributed by atoms with Crippen LogP contribution >= 0.6 is 0 Å². The van der Waals surface area contributed by atoms with Crippen LogP contribution in [0, 0.1) is 28.6 Å². The molecule has 0 aliphatic heterocycles. The fraction of sp³-hybridized carbons (Fsp3) is 0.735. The Morgan fingerprint density at radius 1 is 1.00 bits per heavy atom. The number of hydrogen-bond acceptors (Lipinski definition) is 7. The molecular formula is C34H50O7. The van der Waals surface area contributed by atoms with Gasteiger partial charge in [0.2, 0.25) is 0 Å². The second-order valence-corrected chi connectivity index (χ2v) is 15.0. The van der Waals surface area contributed by atoms with Gasteiger partial charge in [-0.2, -0.15) is 0 Å². The summed E-state index contributed by atoms with van der Waals surface area (Å²) >= 11 is 0. The van der Waals surface area contributed by atoms with E-state index in [1.54, 1.807) is 19.9 Å². The smallest absolute Gasteiger partial charge is 0.159 e. The Labute approximate surface area is 244 Å². The molecule has 0 aromatic heterocycles. The highest BCUT2D eigenvalue weighted by Gasteiger charge is 2.69. The number of benzene rings is 1. The van der Waals surface area contributed by atoms with Crippen molar-refractivity contribution in [3.05, 3.63) is 47.5 Å². The Kier molecular flexibility index (Phi) is 7.92. The highest BCUT2D eigenvalue weighted by atomic mass is 16.5. The molecule has 4 aliphatic rings. The summed E-state index contributed by atoms with van der Waals surface area (Å²) in [7, 11) is 0. The van der Waals surface area contributed by atoms with Crippen LogP contribution in [0.25, 0.3) is 0 Å². The Bertz CT molecular complexity index is 1160. The van der Waals surface area contributed by atoms with Crippen LogP contribution < -0.4 is 0 Å². The number of allylic oxidation sites excluding steroid dienone is 1. The molecular weight excluding hydrogens is 520 g/mol.